The molecule has 0 aliphatic carbocycles. The van der Waals surface area contributed by atoms with Gasteiger partial charge in [0.1, 0.15) is 19.3 Å². The summed E-state index contributed by atoms with van der Waals surface area (Å²) in [5.74, 6) is 37.9. The second-order valence-electron chi connectivity index (χ2n) is 10.8. The Morgan fingerprint density at radius 3 is 1.73 bits per heavy atom. The van der Waals surface area contributed by atoms with Crippen LogP contribution >= 0.6 is 11.8 Å². The van der Waals surface area contributed by atoms with Crippen molar-refractivity contribution in [3.63, 3.8) is 0 Å². The Balaban J connectivity index is 2.36. The summed E-state index contributed by atoms with van der Waals surface area (Å²) in [5, 5.41) is 0. The van der Waals surface area contributed by atoms with Gasteiger partial charge in [-0.2, -0.15) is 0 Å². The summed E-state index contributed by atoms with van der Waals surface area (Å²) in [4.78, 5) is 37.2. The molecule has 48 heavy (non-hydrogen) atoms. The normalized spacial score (nSPS) is 9.58. The highest BCUT2D eigenvalue weighted by Crippen LogP contribution is 2.34. The van der Waals surface area contributed by atoms with Gasteiger partial charge < -0.3 is 14.2 Å². The lowest BCUT2D eigenvalue weighted by Crippen LogP contribution is -2.30. The molecule has 1 atom stereocenters. The van der Waals surface area contributed by atoms with E-state index < -0.39 is 22.8 Å². The van der Waals surface area contributed by atoms with E-state index in [4.69, 9.17) is 20.6 Å². The SMILES string of the molecule is C#CC#CC#CC#CC#CC#CC#CC#CC#COC(=O)C(C)(C)CSCC(=O)OCCOC(=O)C(C)(C)CC(CC)c1ccccc1. The van der Waals surface area contributed by atoms with Gasteiger partial charge >= 0.3 is 17.9 Å². The van der Waals surface area contributed by atoms with Crippen LogP contribution in [-0.4, -0.2) is 42.6 Å². The average molecular weight is 655 g/mol. The Morgan fingerprint density at radius 1 is 0.708 bits per heavy atom. The minimum atomic E-state index is -0.923. The average Bonchev–Trinajstić information content (AvgIpc) is 3.07. The first kappa shape index (κ1) is 40.0. The molecule has 0 heterocycles. The van der Waals surface area contributed by atoms with E-state index in [1.54, 1.807) is 13.8 Å². The Hall–Kier alpha value is -5.98. The van der Waals surface area contributed by atoms with E-state index in [0.717, 1.165) is 6.42 Å². The molecule has 0 N–H and O–H groups in total. The maximum atomic E-state index is 12.7. The topological polar surface area (TPSA) is 78.9 Å². The fourth-order valence-electron chi connectivity index (χ4n) is 3.58. The van der Waals surface area contributed by atoms with Gasteiger partial charge in [0, 0.05) is 53.1 Å². The third kappa shape index (κ3) is 18.1. The van der Waals surface area contributed by atoms with Crippen molar-refractivity contribution in [2.45, 2.75) is 53.4 Å². The molecular weight excluding hydrogens is 621 g/mol. The van der Waals surface area contributed by atoms with Gasteiger partial charge in [-0.15, -0.1) is 18.2 Å². The Kier molecular flexibility index (Phi) is 19.5. The number of carbonyl (C=O) groups is 3. The predicted molar refractivity (Wildman–Crippen MR) is 188 cm³/mol. The molecule has 0 amide bonds. The van der Waals surface area contributed by atoms with Crippen LogP contribution < -0.4 is 0 Å². The van der Waals surface area contributed by atoms with Gasteiger partial charge in [0.25, 0.3) is 0 Å². The highest BCUT2D eigenvalue weighted by Gasteiger charge is 2.33. The van der Waals surface area contributed by atoms with Crippen molar-refractivity contribution in [3.8, 4) is 107 Å². The van der Waals surface area contributed by atoms with E-state index in [1.807, 2.05) is 32.0 Å². The summed E-state index contributed by atoms with van der Waals surface area (Å²) in [7, 11) is 0. The molecule has 0 aliphatic heterocycles. The first-order valence-electron chi connectivity index (χ1n) is 14.7. The highest BCUT2D eigenvalue weighted by atomic mass is 32.2. The molecular formula is C41H34O6S. The largest absolute Gasteiger partial charge is 0.462 e. The van der Waals surface area contributed by atoms with Crippen molar-refractivity contribution < 1.29 is 28.6 Å². The summed E-state index contributed by atoms with van der Waals surface area (Å²) in [6.07, 6.45) is 8.72. The zero-order valence-corrected chi connectivity index (χ0v) is 28.5. The highest BCUT2D eigenvalue weighted by molar-refractivity contribution is 8.00. The molecule has 0 spiro atoms. The molecule has 6 nitrogen and oxygen atoms in total. The van der Waals surface area contributed by atoms with Crippen molar-refractivity contribution in [3.05, 3.63) is 35.9 Å². The van der Waals surface area contributed by atoms with Gasteiger partial charge in [0.05, 0.1) is 16.6 Å². The number of terminal acetylenes is 1. The zero-order valence-electron chi connectivity index (χ0n) is 27.6. The number of carbonyl (C=O) groups excluding carboxylic acids is 3. The van der Waals surface area contributed by atoms with Gasteiger partial charge in [-0.05, 0) is 99.4 Å². The van der Waals surface area contributed by atoms with E-state index in [9.17, 15) is 14.4 Å². The molecule has 0 saturated carbocycles. The number of hydrogen-bond donors (Lipinski definition) is 0. The molecule has 0 bridgehead atoms. The van der Waals surface area contributed by atoms with E-state index >= 15 is 0 Å². The standard InChI is InChI=1S/C41H34O6S/c1-7-9-10-11-12-13-14-15-16-17-18-19-20-21-22-26-29-46-39(44)41(5,6)34-48-33-37(42)45-30-31-47-38(43)40(3,4)32-35(8-2)36-27-24-23-25-28-36/h1,23-25,27-28,35H,8,30-34H2,2-6H3. The van der Waals surface area contributed by atoms with Crippen LogP contribution in [0, 0.1) is 118 Å². The Morgan fingerprint density at radius 2 is 1.21 bits per heavy atom. The molecule has 7 heteroatoms. The van der Waals surface area contributed by atoms with E-state index in [-0.39, 0.29) is 36.6 Å². The lowest BCUT2D eigenvalue weighted by molar-refractivity contribution is -0.158. The smallest absolute Gasteiger partial charge is 0.326 e. The van der Waals surface area contributed by atoms with Crippen LogP contribution in [0.3, 0.4) is 0 Å². The number of rotatable bonds is 13. The summed E-state index contributed by atoms with van der Waals surface area (Å²) in [6.45, 7) is 9.07. The third-order valence-corrected chi connectivity index (χ3v) is 7.40. The van der Waals surface area contributed by atoms with Crippen LogP contribution in [0.1, 0.15) is 58.9 Å². The van der Waals surface area contributed by atoms with Crippen molar-refractivity contribution in [1.29, 1.82) is 0 Å². The van der Waals surface area contributed by atoms with Crippen LogP contribution in [0.2, 0.25) is 0 Å². The molecule has 1 rings (SSSR count). The molecule has 0 aromatic heterocycles. The molecule has 0 saturated heterocycles. The van der Waals surface area contributed by atoms with Crippen molar-refractivity contribution in [2.24, 2.45) is 10.8 Å². The molecule has 1 aromatic carbocycles. The Bertz CT molecular complexity index is 1850. The monoisotopic (exact) mass is 654 g/mol. The van der Waals surface area contributed by atoms with Crippen LogP contribution in [0.4, 0.5) is 0 Å². The summed E-state index contributed by atoms with van der Waals surface area (Å²) in [6, 6.07) is 10.1. The molecule has 1 aromatic rings. The predicted octanol–water partition coefficient (Wildman–Crippen LogP) is 4.60. The fourth-order valence-corrected chi connectivity index (χ4v) is 4.56. The van der Waals surface area contributed by atoms with Gasteiger partial charge in [0.2, 0.25) is 0 Å². The van der Waals surface area contributed by atoms with Gasteiger partial charge in [-0.1, -0.05) is 37.3 Å². The van der Waals surface area contributed by atoms with Crippen LogP contribution in [0.5, 0.6) is 0 Å². The molecule has 240 valence electrons. The lowest BCUT2D eigenvalue weighted by Gasteiger charge is -2.27. The quantitative estimate of drug-likeness (QED) is 0.133. The number of thioether (sulfide) groups is 1. The summed E-state index contributed by atoms with van der Waals surface area (Å²) < 4.78 is 15.5. The summed E-state index contributed by atoms with van der Waals surface area (Å²) >= 11 is 1.21. The number of benzene rings is 1. The zero-order chi connectivity index (χ0) is 35.5. The van der Waals surface area contributed by atoms with Gasteiger partial charge in [0.15, 0.2) is 0 Å². The molecule has 0 radical (unpaired) electrons. The van der Waals surface area contributed by atoms with E-state index in [1.165, 1.54) is 17.3 Å². The molecule has 0 fully saturated rings. The second kappa shape index (κ2) is 23.4. The van der Waals surface area contributed by atoms with Crippen LogP contribution in [0.15, 0.2) is 30.3 Å². The fraction of sp³-hybridized carbons (Fsp3) is 0.341. The Labute approximate surface area is 289 Å². The maximum absolute atomic E-state index is 12.7. The van der Waals surface area contributed by atoms with Crippen molar-refractivity contribution >= 4 is 29.7 Å². The number of esters is 3. The minimum absolute atomic E-state index is 0.0150. The van der Waals surface area contributed by atoms with Gasteiger partial charge in [-0.3, -0.25) is 14.4 Å². The second-order valence-corrected chi connectivity index (χ2v) is 11.8. The van der Waals surface area contributed by atoms with Crippen molar-refractivity contribution in [1.82, 2.24) is 0 Å². The lowest BCUT2D eigenvalue weighted by atomic mass is 9.79. The summed E-state index contributed by atoms with van der Waals surface area (Å²) in [5.41, 5.74) is -0.428. The van der Waals surface area contributed by atoms with Crippen LogP contribution in [0.25, 0.3) is 0 Å². The number of hydrogen-bond acceptors (Lipinski definition) is 7. The van der Waals surface area contributed by atoms with Gasteiger partial charge in [-0.25, -0.2) is 0 Å². The van der Waals surface area contributed by atoms with E-state index in [2.05, 4.69) is 120 Å². The van der Waals surface area contributed by atoms with Crippen molar-refractivity contribution in [2.75, 3.05) is 24.7 Å². The number of ether oxygens (including phenoxy) is 3. The maximum Gasteiger partial charge on any atom is 0.326 e. The van der Waals surface area contributed by atoms with Crippen LogP contribution in [-0.2, 0) is 28.6 Å². The minimum Gasteiger partial charge on any atom is -0.462 e. The molecule has 0 aliphatic rings. The third-order valence-electron chi connectivity index (χ3n) is 6.03. The van der Waals surface area contributed by atoms with E-state index in [0.29, 0.717) is 6.42 Å². The first-order chi connectivity index (χ1) is 23.0. The molecule has 1 unspecified atom stereocenters. The first-order valence-corrected chi connectivity index (χ1v) is 15.8.